The van der Waals surface area contributed by atoms with Gasteiger partial charge in [-0.2, -0.15) is 5.10 Å². The summed E-state index contributed by atoms with van der Waals surface area (Å²) in [7, 11) is 1.51. The minimum Gasteiger partial charge on any atom is -0.507 e. The second-order valence-corrected chi connectivity index (χ2v) is 7.69. The number of thiocarbonyl (C=S) groups is 1. The Morgan fingerprint density at radius 3 is 2.55 bits per heavy atom. The number of aromatic hydroxyl groups is 2. The van der Waals surface area contributed by atoms with E-state index in [1.807, 2.05) is 49.4 Å². The summed E-state index contributed by atoms with van der Waals surface area (Å²) in [4.78, 5) is 0. The molecule has 3 N–H and O–H groups in total. The Morgan fingerprint density at radius 2 is 1.81 bits per heavy atom. The lowest BCUT2D eigenvalue weighted by molar-refractivity contribution is 0.360. The van der Waals surface area contributed by atoms with Crippen molar-refractivity contribution >= 4 is 28.7 Å². The fraction of sp³-hybridized carbons (Fsp3) is 0.167. The van der Waals surface area contributed by atoms with Crippen LogP contribution in [0.5, 0.6) is 17.2 Å². The number of benzene rings is 3. The third-order valence-electron chi connectivity index (χ3n) is 5.31. The van der Waals surface area contributed by atoms with Crippen molar-refractivity contribution in [1.82, 2.24) is 5.01 Å². The standard InChI is InChI=1S/C24H23N3O3S/c1-15-7-3-5-9-18(15)25-24(31)27-20(16-11-12-22(29)23(13-16)30-2)14-19(26-27)17-8-4-6-10-21(17)28/h3-13,20,28-29H,14H2,1-2H3,(H,25,31)/t20-/m0/s1. The van der Waals surface area contributed by atoms with Gasteiger partial charge in [-0.05, 0) is 60.6 Å². The Bertz CT molecular complexity index is 1160. The molecule has 0 saturated heterocycles. The molecular weight excluding hydrogens is 410 g/mol. The van der Waals surface area contributed by atoms with Gasteiger partial charge in [-0.1, -0.05) is 36.4 Å². The van der Waals surface area contributed by atoms with Crippen molar-refractivity contribution < 1.29 is 14.9 Å². The number of methoxy groups -OCH3 is 1. The lowest BCUT2D eigenvalue weighted by Crippen LogP contribution is -2.31. The highest BCUT2D eigenvalue weighted by atomic mass is 32.1. The summed E-state index contributed by atoms with van der Waals surface area (Å²) < 4.78 is 5.29. The minimum absolute atomic E-state index is 0.0678. The van der Waals surface area contributed by atoms with E-state index in [4.69, 9.17) is 22.1 Å². The molecule has 3 aromatic carbocycles. The maximum atomic E-state index is 10.3. The first kappa shape index (κ1) is 20.7. The number of nitrogens with one attached hydrogen (secondary N) is 1. The molecule has 6 nitrogen and oxygen atoms in total. The summed E-state index contributed by atoms with van der Waals surface area (Å²) in [5.41, 5.74) is 4.25. The molecule has 4 rings (SSSR count). The van der Waals surface area contributed by atoms with Gasteiger partial charge in [0.25, 0.3) is 0 Å². The third kappa shape index (κ3) is 4.18. The third-order valence-corrected chi connectivity index (χ3v) is 5.60. The van der Waals surface area contributed by atoms with Crippen molar-refractivity contribution in [2.45, 2.75) is 19.4 Å². The maximum absolute atomic E-state index is 10.3. The van der Waals surface area contributed by atoms with Crippen molar-refractivity contribution in [2.24, 2.45) is 5.10 Å². The van der Waals surface area contributed by atoms with Crippen LogP contribution in [-0.4, -0.2) is 33.2 Å². The zero-order chi connectivity index (χ0) is 22.0. The van der Waals surface area contributed by atoms with Gasteiger partial charge in [0.1, 0.15) is 5.75 Å². The van der Waals surface area contributed by atoms with Gasteiger partial charge in [0.2, 0.25) is 0 Å². The molecule has 3 aromatic rings. The van der Waals surface area contributed by atoms with E-state index in [0.717, 1.165) is 22.5 Å². The van der Waals surface area contributed by atoms with Gasteiger partial charge in [0.15, 0.2) is 16.6 Å². The SMILES string of the molecule is COc1cc([C@@H]2CC(c3ccccc3O)=NN2C(=S)Nc2ccccc2C)ccc1O. The normalized spacial score (nSPS) is 15.5. The largest absolute Gasteiger partial charge is 0.507 e. The molecule has 1 atom stereocenters. The van der Waals surface area contributed by atoms with E-state index in [0.29, 0.717) is 22.8 Å². The molecule has 31 heavy (non-hydrogen) atoms. The molecule has 0 unspecified atom stereocenters. The molecule has 1 aliphatic rings. The summed E-state index contributed by atoms with van der Waals surface area (Å²) in [5.74, 6) is 0.618. The highest BCUT2D eigenvalue weighted by molar-refractivity contribution is 7.80. The highest BCUT2D eigenvalue weighted by Crippen LogP contribution is 2.38. The first-order valence-corrected chi connectivity index (χ1v) is 10.3. The van der Waals surface area contributed by atoms with E-state index in [2.05, 4.69) is 5.32 Å². The van der Waals surface area contributed by atoms with Crippen LogP contribution in [0.25, 0.3) is 0 Å². The van der Waals surface area contributed by atoms with Crippen LogP contribution in [0.3, 0.4) is 0 Å². The summed E-state index contributed by atoms with van der Waals surface area (Å²) in [6.45, 7) is 2.01. The summed E-state index contributed by atoms with van der Waals surface area (Å²) in [6, 6.07) is 20.0. The number of hydrogen-bond donors (Lipinski definition) is 3. The number of phenolic OH excluding ortho intramolecular Hbond substituents is 2. The first-order valence-electron chi connectivity index (χ1n) is 9.86. The number of ether oxygens (including phenoxy) is 1. The van der Waals surface area contributed by atoms with E-state index in [9.17, 15) is 10.2 Å². The summed E-state index contributed by atoms with van der Waals surface area (Å²) in [5, 5.41) is 30.6. The highest BCUT2D eigenvalue weighted by Gasteiger charge is 2.33. The van der Waals surface area contributed by atoms with Crippen LogP contribution < -0.4 is 10.1 Å². The van der Waals surface area contributed by atoms with Crippen LogP contribution in [-0.2, 0) is 0 Å². The predicted molar refractivity (Wildman–Crippen MR) is 126 cm³/mol. The molecule has 158 valence electrons. The van der Waals surface area contributed by atoms with Crippen LogP contribution in [0.15, 0.2) is 71.8 Å². The number of hydrogen-bond acceptors (Lipinski definition) is 5. The van der Waals surface area contributed by atoms with E-state index in [1.165, 1.54) is 7.11 Å². The van der Waals surface area contributed by atoms with Gasteiger partial charge in [-0.15, -0.1) is 0 Å². The van der Waals surface area contributed by atoms with Crippen LogP contribution in [0.1, 0.15) is 29.2 Å². The Hall–Kier alpha value is -3.58. The molecule has 0 spiro atoms. The van der Waals surface area contributed by atoms with E-state index in [-0.39, 0.29) is 17.5 Å². The van der Waals surface area contributed by atoms with Crippen molar-refractivity contribution in [3.8, 4) is 17.2 Å². The lowest BCUT2D eigenvalue weighted by Gasteiger charge is -2.25. The molecular formula is C24H23N3O3S. The monoisotopic (exact) mass is 433 g/mol. The number of para-hydroxylation sites is 2. The van der Waals surface area contributed by atoms with Crippen LogP contribution >= 0.6 is 12.2 Å². The van der Waals surface area contributed by atoms with Crippen molar-refractivity contribution in [2.75, 3.05) is 12.4 Å². The van der Waals surface area contributed by atoms with Crippen molar-refractivity contribution in [1.29, 1.82) is 0 Å². The number of anilines is 1. The zero-order valence-corrected chi connectivity index (χ0v) is 18.1. The van der Waals surface area contributed by atoms with Gasteiger partial charge in [-0.3, -0.25) is 0 Å². The Balaban J connectivity index is 1.72. The van der Waals surface area contributed by atoms with Crippen molar-refractivity contribution in [3.05, 3.63) is 83.4 Å². The average Bonchev–Trinajstić information content (AvgIpc) is 3.21. The number of hydrazone groups is 1. The van der Waals surface area contributed by atoms with E-state index >= 15 is 0 Å². The molecule has 0 saturated carbocycles. The van der Waals surface area contributed by atoms with Crippen LogP contribution in [0.2, 0.25) is 0 Å². The Morgan fingerprint density at radius 1 is 1.06 bits per heavy atom. The molecule has 1 heterocycles. The molecule has 1 aliphatic heterocycles. The second-order valence-electron chi connectivity index (χ2n) is 7.30. The molecule has 0 amide bonds. The average molecular weight is 434 g/mol. The smallest absolute Gasteiger partial charge is 0.194 e. The fourth-order valence-electron chi connectivity index (χ4n) is 3.62. The molecule has 0 aromatic heterocycles. The predicted octanol–water partition coefficient (Wildman–Crippen LogP) is 4.96. The maximum Gasteiger partial charge on any atom is 0.194 e. The van der Waals surface area contributed by atoms with Gasteiger partial charge >= 0.3 is 0 Å². The molecule has 0 bridgehead atoms. The Kier molecular flexibility index (Phi) is 5.77. The molecule has 0 aliphatic carbocycles. The summed E-state index contributed by atoms with van der Waals surface area (Å²) in [6.07, 6.45) is 0.529. The first-order chi connectivity index (χ1) is 15.0. The molecule has 0 radical (unpaired) electrons. The van der Waals surface area contributed by atoms with Gasteiger partial charge in [0.05, 0.1) is 18.9 Å². The number of phenols is 2. The van der Waals surface area contributed by atoms with E-state index in [1.54, 1.807) is 29.3 Å². The van der Waals surface area contributed by atoms with Gasteiger partial charge in [0, 0.05) is 17.7 Å². The fourth-order valence-corrected chi connectivity index (χ4v) is 3.90. The van der Waals surface area contributed by atoms with Crippen LogP contribution in [0.4, 0.5) is 5.69 Å². The van der Waals surface area contributed by atoms with Gasteiger partial charge < -0.3 is 20.3 Å². The minimum atomic E-state index is -0.229. The summed E-state index contributed by atoms with van der Waals surface area (Å²) >= 11 is 5.72. The second kappa shape index (κ2) is 8.65. The van der Waals surface area contributed by atoms with E-state index < -0.39 is 0 Å². The number of rotatable bonds is 4. The molecule has 0 fully saturated rings. The molecule has 7 heteroatoms. The lowest BCUT2D eigenvalue weighted by atomic mass is 9.97. The zero-order valence-electron chi connectivity index (χ0n) is 17.2. The topological polar surface area (TPSA) is 77.3 Å². The van der Waals surface area contributed by atoms with Gasteiger partial charge in [-0.25, -0.2) is 5.01 Å². The Labute approximate surface area is 186 Å². The number of aryl methyl sites for hydroxylation is 1. The quantitative estimate of drug-likeness (QED) is 0.505. The van der Waals surface area contributed by atoms with Crippen molar-refractivity contribution in [3.63, 3.8) is 0 Å². The van der Waals surface area contributed by atoms with Crippen LogP contribution in [0, 0.1) is 6.92 Å². The number of nitrogens with zero attached hydrogens (tertiary/aromatic N) is 2.